The monoisotopic (exact) mass is 748 g/mol. The van der Waals surface area contributed by atoms with E-state index in [2.05, 4.69) is 33.2 Å². The zero-order valence-electron chi connectivity index (χ0n) is 29.4. The summed E-state index contributed by atoms with van der Waals surface area (Å²) in [7, 11) is 0. The van der Waals surface area contributed by atoms with Crippen LogP contribution in [0.5, 0.6) is 5.75 Å². The summed E-state index contributed by atoms with van der Waals surface area (Å²) < 4.78 is 50.7. The number of rotatable bonds is 13. The van der Waals surface area contributed by atoms with Crippen LogP contribution >= 0.6 is 11.6 Å². The number of likely N-dealkylation sites (tertiary alicyclic amines) is 1. The molecule has 12 heteroatoms. The van der Waals surface area contributed by atoms with Gasteiger partial charge in [-0.15, -0.1) is 0 Å². The largest absolute Gasteiger partial charge is 0.445 e. The molecule has 2 amide bonds. The molecule has 2 heterocycles. The Hall–Kier alpha value is -4.58. The van der Waals surface area contributed by atoms with E-state index in [9.17, 15) is 22.8 Å². The van der Waals surface area contributed by atoms with Gasteiger partial charge in [0.15, 0.2) is 0 Å². The Morgan fingerprint density at radius 3 is 2.23 bits per heavy atom. The number of piperidine rings is 1. The summed E-state index contributed by atoms with van der Waals surface area (Å²) >= 11 is 6.40. The van der Waals surface area contributed by atoms with Crippen LogP contribution in [0.2, 0.25) is 5.02 Å². The average molecular weight is 749 g/mol. The Labute approximate surface area is 313 Å². The predicted octanol–water partition coefficient (Wildman–Crippen LogP) is 7.64. The molecule has 0 saturated carbocycles. The lowest BCUT2D eigenvalue weighted by Crippen LogP contribution is -2.58. The van der Waals surface area contributed by atoms with E-state index in [1.807, 2.05) is 65.6 Å². The molecule has 0 radical (unpaired) electrons. The summed E-state index contributed by atoms with van der Waals surface area (Å²) in [6.45, 7) is 0.861. The smallest absolute Gasteiger partial charge is 0.408 e. The fourth-order valence-electron chi connectivity index (χ4n) is 7.18. The topological polar surface area (TPSA) is 74.4 Å². The molecular weight excluding hydrogens is 705 g/mol. The van der Waals surface area contributed by atoms with Gasteiger partial charge in [0.2, 0.25) is 5.91 Å². The molecule has 6 rings (SSSR count). The first kappa shape index (κ1) is 38.2. The number of hydrogen-bond donors (Lipinski definition) is 1. The number of piperazine rings is 1. The molecule has 0 unspecified atom stereocenters. The average Bonchev–Trinajstić information content (AvgIpc) is 3.17. The number of alkyl carbamates (subject to hydrolysis) is 1. The Bertz CT molecular complexity index is 1800. The van der Waals surface area contributed by atoms with E-state index >= 15 is 0 Å². The quantitative estimate of drug-likeness (QED) is 0.152. The van der Waals surface area contributed by atoms with Crippen LogP contribution in [0.1, 0.15) is 29.5 Å². The predicted molar refractivity (Wildman–Crippen MR) is 198 cm³/mol. The summed E-state index contributed by atoms with van der Waals surface area (Å²) in [4.78, 5) is 33.3. The van der Waals surface area contributed by atoms with Crippen molar-refractivity contribution in [3.05, 3.63) is 125 Å². The molecule has 0 aromatic heterocycles. The van der Waals surface area contributed by atoms with Gasteiger partial charge in [-0.05, 0) is 84.8 Å². The van der Waals surface area contributed by atoms with Gasteiger partial charge in [0, 0.05) is 49.9 Å². The lowest BCUT2D eigenvalue weighted by molar-refractivity contribution is -0.137. The zero-order valence-corrected chi connectivity index (χ0v) is 30.2. The van der Waals surface area contributed by atoms with Crippen molar-refractivity contribution in [1.82, 2.24) is 20.0 Å². The molecule has 2 saturated heterocycles. The van der Waals surface area contributed by atoms with Gasteiger partial charge in [0.1, 0.15) is 24.2 Å². The summed E-state index contributed by atoms with van der Waals surface area (Å²) in [6, 6.07) is 28.7. The summed E-state index contributed by atoms with van der Waals surface area (Å²) in [6.07, 6.45) is 1.57. The van der Waals surface area contributed by atoms with Gasteiger partial charge in [-0.25, -0.2) is 9.18 Å². The van der Waals surface area contributed by atoms with Crippen LogP contribution in [-0.2, 0) is 29.1 Å². The highest BCUT2D eigenvalue weighted by molar-refractivity contribution is 6.30. The van der Waals surface area contributed by atoms with E-state index in [-0.39, 0.29) is 36.3 Å². The maximum Gasteiger partial charge on any atom is 0.408 e. The molecule has 4 aromatic carbocycles. The zero-order chi connectivity index (χ0) is 37.2. The standard InChI is InChI=1S/C41H44ClF3N4O4/c42-33-14-15-34(30-10-5-2-6-11-30)32(26-33)18-21-47-19-16-31(17-20-47)38(46-41(51)52-28-29-8-3-1-4-9-29)39(50)49-24-22-48(23-25-49)27-35-36(43)12-7-13-37(35)53-40(44)45/h1-15,26,31,38,40H,16-25,27-28H2,(H,46,51)/t38-/m1/s1. The van der Waals surface area contributed by atoms with Crippen LogP contribution in [0.25, 0.3) is 11.1 Å². The Kier molecular flexibility index (Phi) is 13.3. The van der Waals surface area contributed by atoms with Crippen LogP contribution in [0, 0.1) is 11.7 Å². The van der Waals surface area contributed by atoms with Crippen molar-refractivity contribution in [2.24, 2.45) is 5.92 Å². The van der Waals surface area contributed by atoms with Gasteiger partial charge in [-0.1, -0.05) is 84.4 Å². The van der Waals surface area contributed by atoms with Gasteiger partial charge in [-0.3, -0.25) is 9.69 Å². The van der Waals surface area contributed by atoms with Crippen molar-refractivity contribution in [2.75, 3.05) is 45.8 Å². The maximum absolute atomic E-state index is 14.7. The molecular formula is C41H44ClF3N4O4. The van der Waals surface area contributed by atoms with Crippen molar-refractivity contribution in [3.8, 4) is 16.9 Å². The number of halogens is 4. The number of benzene rings is 4. The third kappa shape index (κ3) is 10.5. The van der Waals surface area contributed by atoms with Gasteiger partial charge in [0.05, 0.1) is 0 Å². The Morgan fingerprint density at radius 2 is 1.53 bits per heavy atom. The Balaban J connectivity index is 1.08. The van der Waals surface area contributed by atoms with Crippen molar-refractivity contribution >= 4 is 23.6 Å². The number of ether oxygens (including phenoxy) is 2. The molecule has 1 N–H and O–H groups in total. The van der Waals surface area contributed by atoms with Crippen molar-refractivity contribution in [2.45, 2.75) is 45.1 Å². The number of carbonyl (C=O) groups is 2. The molecule has 2 aliphatic rings. The third-order valence-electron chi connectivity index (χ3n) is 10.1. The SMILES string of the molecule is O=C(N[C@@H](C(=O)N1CCN(Cc2c(F)cccc2OC(F)F)CC1)C1CCN(CCc2cc(Cl)ccc2-c2ccccc2)CC1)OCc1ccccc1. The van der Waals surface area contributed by atoms with E-state index in [1.165, 1.54) is 23.8 Å². The molecule has 53 heavy (non-hydrogen) atoms. The second kappa shape index (κ2) is 18.4. The minimum Gasteiger partial charge on any atom is -0.445 e. The van der Waals surface area contributed by atoms with E-state index in [0.29, 0.717) is 44.0 Å². The lowest BCUT2D eigenvalue weighted by Gasteiger charge is -2.40. The van der Waals surface area contributed by atoms with Crippen LogP contribution in [0.4, 0.5) is 18.0 Å². The number of carbonyl (C=O) groups excluding carboxylic acids is 2. The third-order valence-corrected chi connectivity index (χ3v) is 10.3. The number of nitrogens with one attached hydrogen (secondary N) is 1. The van der Waals surface area contributed by atoms with Gasteiger partial charge in [0.25, 0.3) is 0 Å². The first-order valence-electron chi connectivity index (χ1n) is 18.0. The maximum atomic E-state index is 14.7. The van der Waals surface area contributed by atoms with Gasteiger partial charge in [-0.2, -0.15) is 8.78 Å². The number of hydrogen-bond acceptors (Lipinski definition) is 6. The van der Waals surface area contributed by atoms with Crippen LogP contribution in [0.3, 0.4) is 0 Å². The molecule has 2 fully saturated rings. The summed E-state index contributed by atoms with van der Waals surface area (Å²) in [5.74, 6) is -1.14. The molecule has 0 bridgehead atoms. The van der Waals surface area contributed by atoms with Gasteiger partial charge >= 0.3 is 12.7 Å². The highest BCUT2D eigenvalue weighted by atomic mass is 35.5. The lowest BCUT2D eigenvalue weighted by atomic mass is 9.88. The molecule has 0 spiro atoms. The van der Waals surface area contributed by atoms with Crippen molar-refractivity contribution in [1.29, 1.82) is 0 Å². The minimum atomic E-state index is -3.07. The van der Waals surface area contributed by atoms with Gasteiger partial charge < -0.3 is 24.6 Å². The fraction of sp³-hybridized carbons (Fsp3) is 0.366. The number of nitrogens with zero attached hydrogens (tertiary/aromatic N) is 3. The second-order valence-electron chi connectivity index (χ2n) is 13.5. The van der Waals surface area contributed by atoms with Crippen LogP contribution in [-0.4, -0.2) is 85.2 Å². The van der Waals surface area contributed by atoms with E-state index in [0.717, 1.165) is 42.7 Å². The molecule has 4 aromatic rings. The highest BCUT2D eigenvalue weighted by Gasteiger charge is 2.37. The van der Waals surface area contributed by atoms with Crippen molar-refractivity contribution < 1.29 is 32.2 Å². The molecule has 280 valence electrons. The number of amides is 2. The first-order valence-corrected chi connectivity index (χ1v) is 18.4. The van der Waals surface area contributed by atoms with Crippen LogP contribution < -0.4 is 10.1 Å². The molecule has 0 aliphatic carbocycles. The normalized spacial score (nSPS) is 16.4. The Morgan fingerprint density at radius 1 is 0.830 bits per heavy atom. The summed E-state index contributed by atoms with van der Waals surface area (Å²) in [5, 5.41) is 3.60. The summed E-state index contributed by atoms with van der Waals surface area (Å²) in [5.41, 5.74) is 4.36. The number of alkyl halides is 2. The molecule has 8 nitrogen and oxygen atoms in total. The van der Waals surface area contributed by atoms with E-state index in [4.69, 9.17) is 16.3 Å². The first-order chi connectivity index (χ1) is 25.7. The highest BCUT2D eigenvalue weighted by Crippen LogP contribution is 2.29. The van der Waals surface area contributed by atoms with E-state index < -0.39 is 24.6 Å². The second-order valence-corrected chi connectivity index (χ2v) is 13.9. The minimum absolute atomic E-state index is 0.0479. The van der Waals surface area contributed by atoms with E-state index in [1.54, 1.807) is 4.90 Å². The van der Waals surface area contributed by atoms with Crippen LogP contribution in [0.15, 0.2) is 97.1 Å². The molecule has 2 aliphatic heterocycles. The van der Waals surface area contributed by atoms with Crippen molar-refractivity contribution in [3.63, 3.8) is 0 Å². The molecule has 1 atom stereocenters. The fourth-order valence-corrected chi connectivity index (χ4v) is 7.37.